The van der Waals surface area contributed by atoms with Gasteiger partial charge >= 0.3 is 0 Å². The molecule has 1 nitrogen and oxygen atoms in total. The van der Waals surface area contributed by atoms with Gasteiger partial charge in [-0.1, -0.05) is 11.4 Å². The minimum atomic E-state index is 0.450. The molecule has 0 amide bonds. The van der Waals surface area contributed by atoms with Crippen LogP contribution < -0.4 is 0 Å². The fraction of sp³-hybridized carbons (Fsp3) is 0. The number of hydrogen-bond donors (Lipinski definition) is 0. The molecule has 30 valence electrons. The van der Waals surface area contributed by atoms with Crippen molar-refractivity contribution in [3.8, 4) is 0 Å². The molecule has 1 rings (SSSR count). The summed E-state index contributed by atoms with van der Waals surface area (Å²) >= 11 is 0. The van der Waals surface area contributed by atoms with Gasteiger partial charge in [-0.05, 0) is 0 Å². The summed E-state index contributed by atoms with van der Waals surface area (Å²) in [4.78, 5) is 3.84. The standard InChI is InChI=1S/C4H5NSi/c1-3-6-4-2-5-1/h1-4,6H. The number of nitrogens with zero attached hydrogens (tertiary/aromatic N) is 1. The van der Waals surface area contributed by atoms with E-state index in [1.54, 1.807) is 0 Å². The van der Waals surface area contributed by atoms with Gasteiger partial charge in [0.05, 0.1) is 0 Å². The smallest absolute Gasteiger partial charge is 0.0237 e. The first-order chi connectivity index (χ1) is 3.00. The second-order valence-corrected chi connectivity index (χ2v) is 2.18. The fourth-order valence-electron chi connectivity index (χ4n) is 0.313. The normalized spacial score (nSPS) is 8.00. The molecule has 0 bridgehead atoms. The van der Waals surface area contributed by atoms with E-state index in [0.29, 0.717) is 9.12 Å². The molecule has 0 unspecified atom stereocenters. The van der Waals surface area contributed by atoms with Gasteiger partial charge in [0.15, 0.2) is 0 Å². The second-order valence-electron chi connectivity index (χ2n) is 1.02. The second kappa shape index (κ2) is 1.82. The van der Waals surface area contributed by atoms with Crippen LogP contribution in [-0.2, 0) is 0 Å². The summed E-state index contributed by atoms with van der Waals surface area (Å²) in [6, 6.07) is 0. The van der Waals surface area contributed by atoms with Crippen molar-refractivity contribution in [1.82, 2.24) is 4.98 Å². The minimum Gasteiger partial charge on any atom is -0.266 e. The van der Waals surface area contributed by atoms with E-state index < -0.39 is 0 Å². The summed E-state index contributed by atoms with van der Waals surface area (Å²) in [6.45, 7) is 0. The lowest BCUT2D eigenvalue weighted by molar-refractivity contribution is 1.36. The van der Waals surface area contributed by atoms with Gasteiger partial charge in [-0.25, -0.2) is 0 Å². The Bertz CT molecular complexity index is 79.5. The Hall–Kier alpha value is -0.503. The molecular weight excluding hydrogens is 90.1 g/mol. The van der Waals surface area contributed by atoms with Gasteiger partial charge in [-0.15, -0.1) is 0 Å². The van der Waals surface area contributed by atoms with Gasteiger partial charge in [0.2, 0.25) is 0 Å². The van der Waals surface area contributed by atoms with E-state index >= 15 is 0 Å². The van der Waals surface area contributed by atoms with Crippen LogP contribution in [0.25, 0.3) is 0 Å². The Morgan fingerprint density at radius 3 is 2.00 bits per heavy atom. The van der Waals surface area contributed by atoms with Crippen LogP contribution in [0.15, 0.2) is 23.7 Å². The Morgan fingerprint density at radius 1 is 1.17 bits per heavy atom. The van der Waals surface area contributed by atoms with Crippen molar-refractivity contribution in [2.24, 2.45) is 0 Å². The maximum absolute atomic E-state index is 3.84. The molecule has 0 fully saturated rings. The summed E-state index contributed by atoms with van der Waals surface area (Å²) < 4.78 is 0. The van der Waals surface area contributed by atoms with Gasteiger partial charge in [0.1, 0.15) is 0 Å². The fourth-order valence-corrected chi connectivity index (χ4v) is 0.838. The van der Waals surface area contributed by atoms with Crippen LogP contribution in [-0.4, -0.2) is 14.1 Å². The van der Waals surface area contributed by atoms with Crippen LogP contribution in [0.3, 0.4) is 0 Å². The zero-order chi connectivity index (χ0) is 4.24. The molecule has 0 saturated heterocycles. The predicted molar refractivity (Wildman–Crippen MR) is 27.0 cm³/mol. The maximum atomic E-state index is 3.84. The third kappa shape index (κ3) is 0.722. The molecule has 1 heterocycles. The molecule has 0 aromatic carbocycles. The zero-order valence-electron chi connectivity index (χ0n) is 3.33. The highest BCUT2D eigenvalue weighted by molar-refractivity contribution is 6.26. The summed E-state index contributed by atoms with van der Waals surface area (Å²) in [5, 5.41) is 0. The monoisotopic (exact) mass is 95.0 g/mol. The highest BCUT2D eigenvalue weighted by atomic mass is 28.2. The SMILES string of the molecule is c1c[siH]ccn1. The van der Waals surface area contributed by atoms with Crippen LogP contribution in [0.2, 0.25) is 0 Å². The van der Waals surface area contributed by atoms with Crippen molar-refractivity contribution < 1.29 is 0 Å². The van der Waals surface area contributed by atoms with E-state index in [-0.39, 0.29) is 0 Å². The lowest BCUT2D eigenvalue weighted by Crippen LogP contribution is -1.67. The molecule has 0 atom stereocenters. The van der Waals surface area contributed by atoms with Crippen LogP contribution >= 0.6 is 0 Å². The summed E-state index contributed by atoms with van der Waals surface area (Å²) in [5.41, 5.74) is 4.19. The molecule has 6 heavy (non-hydrogen) atoms. The summed E-state index contributed by atoms with van der Waals surface area (Å²) in [6.07, 6.45) is 3.69. The average Bonchev–Trinajstić information content (AvgIpc) is 1.72. The highest BCUT2D eigenvalue weighted by Gasteiger charge is 1.59. The number of aromatic nitrogens is 1. The number of rotatable bonds is 0. The molecule has 0 aliphatic carbocycles. The third-order valence-corrected chi connectivity index (χ3v) is 1.36. The van der Waals surface area contributed by atoms with E-state index in [2.05, 4.69) is 16.3 Å². The first kappa shape index (κ1) is 3.68. The lowest BCUT2D eigenvalue weighted by Gasteiger charge is -1.69. The molecule has 0 spiro atoms. The molecule has 1 aromatic rings. The Kier molecular flexibility index (Phi) is 1.12. The van der Waals surface area contributed by atoms with Crippen molar-refractivity contribution >= 4 is 9.12 Å². The molecule has 0 saturated carbocycles. The van der Waals surface area contributed by atoms with Gasteiger partial charge in [0.25, 0.3) is 0 Å². The summed E-state index contributed by atoms with van der Waals surface area (Å²) in [7, 11) is 0.450. The Balaban J connectivity index is 3.00. The maximum Gasteiger partial charge on any atom is 0.0237 e. The Morgan fingerprint density at radius 2 is 1.83 bits per heavy atom. The number of hydrogen-bond acceptors (Lipinski definition) is 1. The van der Waals surface area contributed by atoms with Crippen molar-refractivity contribution in [1.29, 1.82) is 0 Å². The van der Waals surface area contributed by atoms with Gasteiger partial charge in [-0.2, -0.15) is 0 Å². The van der Waals surface area contributed by atoms with E-state index in [1.807, 2.05) is 12.4 Å². The molecule has 0 N–H and O–H groups in total. The topological polar surface area (TPSA) is 12.9 Å². The van der Waals surface area contributed by atoms with Crippen LogP contribution in [0.4, 0.5) is 0 Å². The van der Waals surface area contributed by atoms with Gasteiger partial charge < -0.3 is 0 Å². The van der Waals surface area contributed by atoms with E-state index in [1.165, 1.54) is 0 Å². The highest BCUT2D eigenvalue weighted by Crippen LogP contribution is 1.65. The van der Waals surface area contributed by atoms with Crippen LogP contribution in [0, 0.1) is 0 Å². The molecule has 0 radical (unpaired) electrons. The summed E-state index contributed by atoms with van der Waals surface area (Å²) in [5.74, 6) is 0. The zero-order valence-corrected chi connectivity index (χ0v) is 4.49. The van der Waals surface area contributed by atoms with Gasteiger partial charge in [0, 0.05) is 21.5 Å². The first-order valence-electron chi connectivity index (χ1n) is 1.85. The van der Waals surface area contributed by atoms with E-state index in [0.717, 1.165) is 0 Å². The van der Waals surface area contributed by atoms with Crippen LogP contribution in [0.5, 0.6) is 0 Å². The quantitative estimate of drug-likeness (QED) is 0.418. The molecule has 2 heteroatoms. The van der Waals surface area contributed by atoms with E-state index in [9.17, 15) is 0 Å². The minimum absolute atomic E-state index is 0.450. The third-order valence-electron chi connectivity index (χ3n) is 0.566. The Labute approximate surface area is 38.8 Å². The van der Waals surface area contributed by atoms with Crippen LogP contribution in [0.1, 0.15) is 0 Å². The lowest BCUT2D eigenvalue weighted by atomic mass is 10.9. The van der Waals surface area contributed by atoms with Gasteiger partial charge in [-0.3, -0.25) is 4.98 Å². The molecular formula is C4H5NSi. The predicted octanol–water partition coefficient (Wildman–Crippen LogP) is 0.152. The van der Waals surface area contributed by atoms with Crippen molar-refractivity contribution in [3.63, 3.8) is 0 Å². The van der Waals surface area contributed by atoms with Crippen molar-refractivity contribution in [3.05, 3.63) is 23.7 Å². The van der Waals surface area contributed by atoms with E-state index in [4.69, 9.17) is 0 Å². The molecule has 1 aromatic heterocycles. The van der Waals surface area contributed by atoms with Crippen molar-refractivity contribution in [2.45, 2.75) is 0 Å². The van der Waals surface area contributed by atoms with Crippen molar-refractivity contribution in [2.75, 3.05) is 0 Å². The molecule has 0 aliphatic heterocycles. The first-order valence-corrected chi connectivity index (χ1v) is 3.18. The molecule has 0 aliphatic rings. The largest absolute Gasteiger partial charge is 0.266 e. The average molecular weight is 95.2 g/mol.